The Hall–Kier alpha value is -2.86. The van der Waals surface area contributed by atoms with Crippen molar-refractivity contribution >= 4 is 5.57 Å². The Morgan fingerprint density at radius 3 is 1.81 bits per heavy atom. The van der Waals surface area contributed by atoms with Crippen molar-refractivity contribution in [1.82, 2.24) is 0 Å². The van der Waals surface area contributed by atoms with Gasteiger partial charge in [-0.2, -0.15) is 0 Å². The molecule has 0 radical (unpaired) electrons. The number of hydrogen-bond acceptors (Lipinski definition) is 0. The Labute approximate surface area is 164 Å². The summed E-state index contributed by atoms with van der Waals surface area (Å²) in [5.41, 5.74) is 8.75. The molecule has 0 spiro atoms. The molecule has 138 valence electrons. The maximum atomic E-state index is 3.80. The zero-order valence-electron chi connectivity index (χ0n) is 17.0. The molecule has 0 atom stereocenters. The summed E-state index contributed by atoms with van der Waals surface area (Å²) >= 11 is 0. The van der Waals surface area contributed by atoms with Crippen LogP contribution in [0.5, 0.6) is 0 Å². The topological polar surface area (TPSA) is 0 Å². The van der Waals surface area contributed by atoms with Gasteiger partial charge in [0.1, 0.15) is 0 Å². The van der Waals surface area contributed by atoms with E-state index < -0.39 is 0 Å². The van der Waals surface area contributed by atoms with Crippen molar-refractivity contribution in [3.8, 4) is 22.3 Å². The van der Waals surface area contributed by atoms with E-state index in [1.54, 1.807) is 0 Å². The molecule has 0 bridgehead atoms. The van der Waals surface area contributed by atoms with Gasteiger partial charge in [-0.3, -0.25) is 0 Å². The molecule has 0 aliphatic heterocycles. The lowest BCUT2D eigenvalue weighted by molar-refractivity contribution is 1.09. The molecule has 0 heteroatoms. The highest BCUT2D eigenvalue weighted by atomic mass is 14.1. The normalized spacial score (nSPS) is 10.7. The van der Waals surface area contributed by atoms with Gasteiger partial charge < -0.3 is 0 Å². The largest absolute Gasteiger partial charge is 0.0991 e. The minimum atomic E-state index is 1.23. The van der Waals surface area contributed by atoms with Crippen LogP contribution in [0.2, 0.25) is 0 Å². The zero-order chi connectivity index (χ0) is 19.6. The lowest BCUT2D eigenvalue weighted by Crippen LogP contribution is -1.87. The van der Waals surface area contributed by atoms with Crippen molar-refractivity contribution in [2.75, 3.05) is 0 Å². The van der Waals surface area contributed by atoms with Crippen LogP contribution in [0.4, 0.5) is 0 Å². The van der Waals surface area contributed by atoms with E-state index >= 15 is 0 Å². The molecule has 0 heterocycles. The van der Waals surface area contributed by atoms with Gasteiger partial charge in [0.2, 0.25) is 0 Å². The summed E-state index contributed by atoms with van der Waals surface area (Å²) in [6, 6.07) is 26.0. The van der Waals surface area contributed by atoms with Crippen molar-refractivity contribution in [3.63, 3.8) is 0 Å². The van der Waals surface area contributed by atoms with Gasteiger partial charge in [-0.1, -0.05) is 117 Å². The Balaban J connectivity index is 0.000000817. The van der Waals surface area contributed by atoms with E-state index in [1.165, 1.54) is 45.4 Å². The van der Waals surface area contributed by atoms with Crippen molar-refractivity contribution in [2.24, 2.45) is 0 Å². The monoisotopic (exact) mass is 354 g/mol. The van der Waals surface area contributed by atoms with Crippen LogP contribution in [0.1, 0.15) is 38.3 Å². The average Bonchev–Trinajstić information content (AvgIpc) is 2.70. The van der Waals surface area contributed by atoms with E-state index in [9.17, 15) is 0 Å². The van der Waals surface area contributed by atoms with Crippen LogP contribution in [-0.2, 0) is 0 Å². The van der Waals surface area contributed by atoms with Gasteiger partial charge >= 0.3 is 0 Å². The van der Waals surface area contributed by atoms with E-state index in [2.05, 4.69) is 113 Å². The maximum absolute atomic E-state index is 3.80. The summed E-state index contributed by atoms with van der Waals surface area (Å²) in [6.07, 6.45) is 5.14. The van der Waals surface area contributed by atoms with Gasteiger partial charge in [0.05, 0.1) is 0 Å². The predicted molar refractivity (Wildman–Crippen MR) is 122 cm³/mol. The highest BCUT2D eigenvalue weighted by molar-refractivity contribution is 5.82. The average molecular weight is 355 g/mol. The van der Waals surface area contributed by atoms with Gasteiger partial charge in [0.15, 0.2) is 0 Å². The molecule has 0 aliphatic carbocycles. The van der Waals surface area contributed by atoms with Crippen LogP contribution in [0.3, 0.4) is 0 Å². The van der Waals surface area contributed by atoms with Crippen molar-refractivity contribution in [3.05, 3.63) is 103 Å². The number of hydrogen-bond donors (Lipinski definition) is 0. The predicted octanol–water partition coefficient (Wildman–Crippen LogP) is 8.33. The molecule has 0 aromatic heterocycles. The molecule has 0 N–H and O–H groups in total. The number of aryl methyl sites for hydroxylation is 1. The first-order valence-electron chi connectivity index (χ1n) is 9.66. The highest BCUT2D eigenvalue weighted by Gasteiger charge is 2.06. The van der Waals surface area contributed by atoms with Crippen LogP contribution >= 0.6 is 0 Å². The quantitative estimate of drug-likeness (QED) is 0.413. The Bertz CT molecular complexity index is 878. The third-order valence-electron chi connectivity index (χ3n) is 4.30. The summed E-state index contributed by atoms with van der Waals surface area (Å²) < 4.78 is 0. The first-order chi connectivity index (χ1) is 13.1. The minimum Gasteiger partial charge on any atom is -0.0991 e. The van der Waals surface area contributed by atoms with E-state index in [1.807, 2.05) is 6.08 Å². The lowest BCUT2D eigenvalue weighted by Gasteiger charge is -2.11. The maximum Gasteiger partial charge on any atom is -0.0109 e. The van der Waals surface area contributed by atoms with E-state index in [-0.39, 0.29) is 0 Å². The third kappa shape index (κ3) is 5.56. The van der Waals surface area contributed by atoms with E-state index in [0.29, 0.717) is 0 Å². The van der Waals surface area contributed by atoms with Crippen molar-refractivity contribution in [2.45, 2.75) is 34.1 Å². The minimum absolute atomic E-state index is 1.23. The first-order valence-corrected chi connectivity index (χ1v) is 9.66. The SMILES string of the molecule is C=C/C=C(\C)c1ccccc1-c1ccc(-c2ccc(C)cc2)cc1.CCC. The molecule has 0 saturated heterocycles. The fourth-order valence-corrected chi connectivity index (χ4v) is 2.93. The number of allylic oxidation sites excluding steroid dienone is 3. The second-order valence-electron chi connectivity index (χ2n) is 6.78. The van der Waals surface area contributed by atoms with Crippen LogP contribution in [0, 0.1) is 6.92 Å². The van der Waals surface area contributed by atoms with Crippen molar-refractivity contribution in [1.29, 1.82) is 0 Å². The first kappa shape index (κ1) is 20.5. The summed E-state index contributed by atoms with van der Waals surface area (Å²) in [7, 11) is 0. The Morgan fingerprint density at radius 2 is 1.26 bits per heavy atom. The molecule has 3 aromatic carbocycles. The van der Waals surface area contributed by atoms with E-state index in [4.69, 9.17) is 0 Å². The Morgan fingerprint density at radius 1 is 0.778 bits per heavy atom. The smallest absolute Gasteiger partial charge is 0.0109 e. The standard InChI is InChI=1S/C24H22.C3H8/c1-4-7-19(3)23-8-5-6-9-24(23)22-16-14-21(15-17-22)20-12-10-18(2)11-13-20;1-3-2/h4-17H,1H2,2-3H3;3H2,1-2H3/b19-7+;. The second-order valence-corrected chi connectivity index (χ2v) is 6.78. The summed E-state index contributed by atoms with van der Waals surface area (Å²) in [5, 5.41) is 0. The Kier molecular flexibility index (Phi) is 7.82. The van der Waals surface area contributed by atoms with Gasteiger partial charge in [-0.15, -0.1) is 0 Å². The third-order valence-corrected chi connectivity index (χ3v) is 4.30. The summed E-state index contributed by atoms with van der Waals surface area (Å²) in [5.74, 6) is 0. The molecule has 0 nitrogen and oxygen atoms in total. The molecule has 0 unspecified atom stereocenters. The molecule has 0 amide bonds. The lowest BCUT2D eigenvalue weighted by atomic mass is 9.93. The van der Waals surface area contributed by atoms with Crippen LogP contribution in [0.15, 0.2) is 91.5 Å². The van der Waals surface area contributed by atoms with Gasteiger partial charge in [0, 0.05) is 0 Å². The molecular formula is C27H30. The molecule has 0 saturated carbocycles. The fourth-order valence-electron chi connectivity index (χ4n) is 2.93. The summed E-state index contributed by atoms with van der Waals surface area (Å²) in [4.78, 5) is 0. The number of benzene rings is 3. The van der Waals surface area contributed by atoms with Gasteiger partial charge in [-0.25, -0.2) is 0 Å². The van der Waals surface area contributed by atoms with Crippen molar-refractivity contribution < 1.29 is 0 Å². The molecule has 3 rings (SSSR count). The highest BCUT2D eigenvalue weighted by Crippen LogP contribution is 2.30. The zero-order valence-corrected chi connectivity index (χ0v) is 17.0. The van der Waals surface area contributed by atoms with Crippen LogP contribution < -0.4 is 0 Å². The molecule has 27 heavy (non-hydrogen) atoms. The van der Waals surface area contributed by atoms with E-state index in [0.717, 1.165) is 0 Å². The number of rotatable bonds is 4. The molecular weight excluding hydrogens is 324 g/mol. The fraction of sp³-hybridized carbons (Fsp3) is 0.185. The molecule has 0 fully saturated rings. The summed E-state index contributed by atoms with van der Waals surface area (Å²) in [6.45, 7) is 12.3. The van der Waals surface area contributed by atoms with Gasteiger partial charge in [0.25, 0.3) is 0 Å². The van der Waals surface area contributed by atoms with Crippen LogP contribution in [0.25, 0.3) is 27.8 Å². The van der Waals surface area contributed by atoms with Crippen LogP contribution in [-0.4, -0.2) is 0 Å². The van der Waals surface area contributed by atoms with Gasteiger partial charge in [-0.05, 0) is 47.2 Å². The second kappa shape index (κ2) is 10.3. The molecule has 0 aliphatic rings. The molecule has 3 aromatic rings.